The van der Waals surface area contributed by atoms with Crippen molar-refractivity contribution < 1.29 is 22.1 Å². The summed E-state index contributed by atoms with van der Waals surface area (Å²) in [5.41, 5.74) is 0.0778. The van der Waals surface area contributed by atoms with Gasteiger partial charge in [-0.1, -0.05) is 11.6 Å². The Kier molecular flexibility index (Phi) is 5.79. The number of aromatic nitrogens is 2. The van der Waals surface area contributed by atoms with Crippen LogP contribution in [0, 0.1) is 5.82 Å². The number of halogens is 4. The van der Waals surface area contributed by atoms with Crippen LogP contribution in [0.25, 0.3) is 0 Å². The molecule has 0 atom stereocenters. The molecule has 0 spiro atoms. The van der Waals surface area contributed by atoms with Crippen LogP contribution in [0.1, 0.15) is 17.4 Å². The Labute approximate surface area is 145 Å². The summed E-state index contributed by atoms with van der Waals surface area (Å²) < 4.78 is 45.7. The third kappa shape index (κ3) is 4.89. The minimum atomic E-state index is -3.03. The van der Waals surface area contributed by atoms with Crippen molar-refractivity contribution in [3.8, 4) is 0 Å². The number of nitrogens with zero attached hydrogens (tertiary/aromatic N) is 2. The fourth-order valence-electron chi connectivity index (χ4n) is 1.75. The van der Waals surface area contributed by atoms with Gasteiger partial charge in [-0.05, 0) is 12.1 Å². The molecule has 10 heteroatoms. The van der Waals surface area contributed by atoms with Crippen LogP contribution in [0.3, 0.4) is 0 Å². The third-order valence-electron chi connectivity index (χ3n) is 2.75. The number of carbonyl (C=O) groups excluding carboxylic acids is 1. The molecule has 2 aromatic heterocycles. The van der Waals surface area contributed by atoms with Crippen LogP contribution in [0.2, 0.25) is 5.15 Å². The number of amides is 1. The molecular formula is C14H13ClF3N3O2S. The molecule has 0 fully saturated rings. The molecule has 130 valence electrons. The van der Waals surface area contributed by atoms with Crippen molar-refractivity contribution in [2.75, 3.05) is 11.9 Å². The quantitative estimate of drug-likeness (QED) is 0.605. The van der Waals surface area contributed by atoms with E-state index in [1.807, 2.05) is 0 Å². The molecule has 0 aliphatic rings. The van der Waals surface area contributed by atoms with Gasteiger partial charge in [0.2, 0.25) is 0 Å². The molecule has 24 heavy (non-hydrogen) atoms. The third-order valence-corrected chi connectivity index (χ3v) is 3.66. The lowest BCUT2D eigenvalue weighted by Gasteiger charge is -2.08. The van der Waals surface area contributed by atoms with Gasteiger partial charge >= 0.3 is 0 Å². The molecule has 0 aliphatic carbocycles. The molecule has 0 aromatic carbocycles. The minimum Gasteiger partial charge on any atom is -0.343 e. The van der Waals surface area contributed by atoms with Crippen LogP contribution in [0.5, 0.6) is 0 Å². The van der Waals surface area contributed by atoms with Crippen LogP contribution in [0.4, 0.5) is 18.9 Å². The SMILES string of the molecule is Cn1cc(SOCC(C)(F)F)c(F)c1C(=O)Nc1ccnc(Cl)c1. The Hall–Kier alpha value is -1.71. The molecule has 2 rings (SSSR count). The smallest absolute Gasteiger partial charge is 0.275 e. The standard InChI is InChI=1S/C14H13ClF3N3O2S/c1-14(17,18)7-23-24-9-6-21(2)12(11(9)16)13(22)20-8-3-4-19-10(15)5-8/h3-6H,7H2,1-2H3,(H,19,20,22). The lowest BCUT2D eigenvalue weighted by atomic mass is 10.3. The van der Waals surface area contributed by atoms with Crippen LogP contribution >= 0.6 is 23.6 Å². The predicted molar refractivity (Wildman–Crippen MR) is 85.0 cm³/mol. The fraction of sp³-hybridized carbons (Fsp3) is 0.286. The summed E-state index contributed by atoms with van der Waals surface area (Å²) in [7, 11) is 1.45. The number of alkyl halides is 2. The molecule has 1 amide bonds. The van der Waals surface area contributed by atoms with Crippen LogP contribution in [0.15, 0.2) is 29.4 Å². The molecule has 1 N–H and O–H groups in total. The number of pyridine rings is 1. The lowest BCUT2D eigenvalue weighted by Crippen LogP contribution is -2.17. The Morgan fingerprint density at radius 3 is 2.88 bits per heavy atom. The van der Waals surface area contributed by atoms with E-state index in [1.54, 1.807) is 0 Å². The highest BCUT2D eigenvalue weighted by molar-refractivity contribution is 7.94. The average Bonchev–Trinajstić information content (AvgIpc) is 2.72. The monoisotopic (exact) mass is 379 g/mol. The van der Waals surface area contributed by atoms with Gasteiger partial charge in [-0.2, -0.15) is 0 Å². The number of anilines is 1. The highest BCUT2D eigenvalue weighted by Crippen LogP contribution is 2.28. The number of hydrogen-bond acceptors (Lipinski definition) is 4. The van der Waals surface area contributed by atoms with Gasteiger partial charge < -0.3 is 14.1 Å². The Morgan fingerprint density at radius 1 is 1.54 bits per heavy atom. The predicted octanol–water partition coefficient (Wildman–Crippen LogP) is 4.14. The minimum absolute atomic E-state index is 0.0698. The highest BCUT2D eigenvalue weighted by atomic mass is 35.5. The largest absolute Gasteiger partial charge is 0.343 e. The van der Waals surface area contributed by atoms with E-state index in [4.69, 9.17) is 15.8 Å². The van der Waals surface area contributed by atoms with Gasteiger partial charge in [0.05, 0.1) is 4.90 Å². The lowest BCUT2D eigenvalue weighted by molar-refractivity contribution is -0.0170. The molecular weight excluding hydrogens is 367 g/mol. The molecule has 0 unspecified atom stereocenters. The number of hydrogen-bond donors (Lipinski definition) is 1. The molecule has 0 aliphatic heterocycles. The summed E-state index contributed by atoms with van der Waals surface area (Å²) in [6, 6.07) is 2.90. The maximum absolute atomic E-state index is 14.3. The number of rotatable bonds is 6. The van der Waals surface area contributed by atoms with Crippen molar-refractivity contribution >= 4 is 35.2 Å². The normalized spacial score (nSPS) is 11.6. The molecule has 2 aromatic rings. The first-order valence-corrected chi connectivity index (χ1v) is 7.74. The first kappa shape index (κ1) is 18.6. The summed E-state index contributed by atoms with van der Waals surface area (Å²) in [5, 5.41) is 2.65. The van der Waals surface area contributed by atoms with Crippen molar-refractivity contribution in [2.24, 2.45) is 7.05 Å². The van der Waals surface area contributed by atoms with Gasteiger partial charge in [-0.15, -0.1) is 0 Å². The maximum atomic E-state index is 14.3. The number of nitrogens with one attached hydrogen (secondary N) is 1. The van der Waals surface area contributed by atoms with Gasteiger partial charge in [-0.25, -0.2) is 18.2 Å². The zero-order valence-electron chi connectivity index (χ0n) is 12.6. The van der Waals surface area contributed by atoms with E-state index in [0.29, 0.717) is 24.7 Å². The van der Waals surface area contributed by atoms with Gasteiger partial charge in [-0.3, -0.25) is 4.79 Å². The van der Waals surface area contributed by atoms with Crippen LogP contribution in [-0.4, -0.2) is 28.0 Å². The van der Waals surface area contributed by atoms with E-state index in [9.17, 15) is 18.0 Å². The maximum Gasteiger partial charge on any atom is 0.275 e. The van der Waals surface area contributed by atoms with Gasteiger partial charge in [0.25, 0.3) is 11.8 Å². The Morgan fingerprint density at radius 2 is 2.25 bits per heavy atom. The summed E-state index contributed by atoms with van der Waals surface area (Å²) in [6.07, 6.45) is 2.67. The molecule has 2 heterocycles. The number of carbonyl (C=O) groups is 1. The van der Waals surface area contributed by atoms with Gasteiger partial charge in [0.1, 0.15) is 17.5 Å². The van der Waals surface area contributed by atoms with Gasteiger partial charge in [0.15, 0.2) is 5.82 Å². The van der Waals surface area contributed by atoms with Crippen molar-refractivity contribution in [3.63, 3.8) is 0 Å². The molecule has 0 saturated heterocycles. The second-order valence-electron chi connectivity index (χ2n) is 5.00. The number of aryl methyl sites for hydroxylation is 1. The zero-order chi connectivity index (χ0) is 17.9. The van der Waals surface area contributed by atoms with E-state index in [2.05, 4.69) is 10.3 Å². The molecule has 5 nitrogen and oxygen atoms in total. The molecule has 0 bridgehead atoms. The zero-order valence-corrected chi connectivity index (χ0v) is 14.2. The van der Waals surface area contributed by atoms with Crippen molar-refractivity contribution in [1.29, 1.82) is 0 Å². The first-order valence-electron chi connectivity index (χ1n) is 6.62. The summed E-state index contributed by atoms with van der Waals surface area (Å²) in [6.45, 7) is -0.184. The Balaban J connectivity index is 2.11. The fourth-order valence-corrected chi connectivity index (χ4v) is 2.69. The molecule has 0 saturated carbocycles. The second-order valence-corrected chi connectivity index (χ2v) is 6.23. The highest BCUT2D eigenvalue weighted by Gasteiger charge is 2.25. The second kappa shape index (κ2) is 7.45. The van der Waals surface area contributed by atoms with E-state index in [-0.39, 0.29) is 15.7 Å². The van der Waals surface area contributed by atoms with Crippen molar-refractivity contribution in [1.82, 2.24) is 9.55 Å². The van der Waals surface area contributed by atoms with Crippen molar-refractivity contribution in [3.05, 3.63) is 41.2 Å². The average molecular weight is 380 g/mol. The summed E-state index contributed by atoms with van der Waals surface area (Å²) >= 11 is 6.16. The summed E-state index contributed by atoms with van der Waals surface area (Å²) in [5.74, 6) is -4.61. The Bertz CT molecular complexity index is 749. The first-order chi connectivity index (χ1) is 11.2. The van der Waals surface area contributed by atoms with Crippen LogP contribution < -0.4 is 5.32 Å². The van der Waals surface area contributed by atoms with E-state index in [1.165, 1.54) is 36.1 Å². The molecule has 0 radical (unpaired) electrons. The van der Waals surface area contributed by atoms with Crippen LogP contribution in [-0.2, 0) is 11.2 Å². The van der Waals surface area contributed by atoms with E-state index >= 15 is 0 Å². The topological polar surface area (TPSA) is 56.1 Å². The van der Waals surface area contributed by atoms with E-state index in [0.717, 1.165) is 0 Å². The summed E-state index contributed by atoms with van der Waals surface area (Å²) in [4.78, 5) is 15.9. The van der Waals surface area contributed by atoms with Gasteiger partial charge in [0, 0.05) is 44.1 Å². The van der Waals surface area contributed by atoms with E-state index < -0.39 is 24.3 Å². The van der Waals surface area contributed by atoms with Crippen molar-refractivity contribution in [2.45, 2.75) is 17.7 Å².